The number of guanidine groups is 1. The fourth-order valence-corrected chi connectivity index (χ4v) is 5.06. The van der Waals surface area contributed by atoms with E-state index in [0.29, 0.717) is 24.1 Å². The number of hydrogen-bond acceptors (Lipinski definition) is 4. The largest absolute Gasteiger partial charge is 0.357 e. The normalized spacial score (nSPS) is 19.4. The Kier molecular flexibility index (Phi) is 10.8. The van der Waals surface area contributed by atoms with Crippen LogP contribution in [-0.2, 0) is 6.54 Å². The van der Waals surface area contributed by atoms with Crippen molar-refractivity contribution in [2.75, 3.05) is 33.7 Å². The Bertz CT molecular complexity index is 842. The molecule has 2 heterocycles. The van der Waals surface area contributed by atoms with E-state index >= 15 is 0 Å². The predicted molar refractivity (Wildman–Crippen MR) is 140 cm³/mol. The van der Waals surface area contributed by atoms with Crippen molar-refractivity contribution in [1.29, 1.82) is 0 Å². The van der Waals surface area contributed by atoms with E-state index in [1.165, 1.54) is 17.7 Å². The van der Waals surface area contributed by atoms with Crippen LogP contribution in [0.15, 0.2) is 46.8 Å². The summed E-state index contributed by atoms with van der Waals surface area (Å²) >= 11 is 1.85. The van der Waals surface area contributed by atoms with Gasteiger partial charge in [-0.1, -0.05) is 18.2 Å². The third kappa shape index (κ3) is 7.18. The Morgan fingerprint density at radius 3 is 2.81 bits per heavy atom. The number of thiophene rings is 1. The summed E-state index contributed by atoms with van der Waals surface area (Å²) < 4.78 is 0. The quantitative estimate of drug-likeness (QED) is 0.276. The molecule has 0 radical (unpaired) electrons. The molecule has 2 atom stereocenters. The number of piperidine rings is 1. The number of nitrogens with one attached hydrogen (secondary N) is 3. The average molecular weight is 556 g/mol. The molecule has 1 amide bonds. The highest BCUT2D eigenvalue weighted by atomic mass is 127. The van der Waals surface area contributed by atoms with Crippen LogP contribution in [0.1, 0.15) is 46.6 Å². The number of carbonyl (C=O) groups excluding carboxylic acids is 1. The average Bonchev–Trinajstić information content (AvgIpc) is 3.29. The Hall–Kier alpha value is -1.65. The van der Waals surface area contributed by atoms with Gasteiger partial charge in [-0.15, -0.1) is 35.3 Å². The summed E-state index contributed by atoms with van der Waals surface area (Å²) in [6, 6.07) is 12.5. The Morgan fingerprint density at radius 2 is 2.10 bits per heavy atom. The zero-order valence-corrected chi connectivity index (χ0v) is 21.7. The molecule has 2 aromatic rings. The lowest BCUT2D eigenvalue weighted by Gasteiger charge is -2.39. The van der Waals surface area contributed by atoms with Crippen LogP contribution in [0.4, 0.5) is 0 Å². The van der Waals surface area contributed by atoms with Gasteiger partial charge in [0.1, 0.15) is 0 Å². The first kappa shape index (κ1) is 25.6. The molecule has 1 fully saturated rings. The molecule has 0 aliphatic carbocycles. The van der Waals surface area contributed by atoms with Gasteiger partial charge in [-0.3, -0.25) is 9.69 Å². The van der Waals surface area contributed by atoms with E-state index in [1.54, 1.807) is 7.05 Å². The first-order chi connectivity index (χ1) is 14.6. The third-order valence-corrected chi connectivity index (χ3v) is 6.50. The van der Waals surface area contributed by atoms with Crippen LogP contribution in [0.25, 0.3) is 0 Å². The number of nitrogens with zero attached hydrogens (tertiary/aromatic N) is 2. The number of likely N-dealkylation sites (tertiary alicyclic amines) is 1. The van der Waals surface area contributed by atoms with Gasteiger partial charge in [-0.2, -0.15) is 0 Å². The van der Waals surface area contributed by atoms with Crippen LogP contribution in [0.5, 0.6) is 0 Å². The van der Waals surface area contributed by atoms with Crippen molar-refractivity contribution < 1.29 is 4.79 Å². The second-order valence-corrected chi connectivity index (χ2v) is 8.68. The Balaban J connectivity index is 0.00000341. The van der Waals surface area contributed by atoms with Crippen LogP contribution in [0, 0.1) is 5.92 Å². The number of amides is 1. The van der Waals surface area contributed by atoms with Crippen LogP contribution in [0.2, 0.25) is 0 Å². The zero-order chi connectivity index (χ0) is 21.3. The van der Waals surface area contributed by atoms with E-state index in [1.807, 2.05) is 35.6 Å². The van der Waals surface area contributed by atoms with Crippen molar-refractivity contribution in [3.05, 3.63) is 57.8 Å². The molecule has 2 unspecified atom stereocenters. The molecule has 1 aliphatic heterocycles. The van der Waals surface area contributed by atoms with Crippen LogP contribution in [-0.4, -0.2) is 50.5 Å². The van der Waals surface area contributed by atoms with Gasteiger partial charge in [0, 0.05) is 36.6 Å². The van der Waals surface area contributed by atoms with Gasteiger partial charge >= 0.3 is 0 Å². The second kappa shape index (κ2) is 13.0. The van der Waals surface area contributed by atoms with Gasteiger partial charge in [0.15, 0.2) is 5.96 Å². The maximum Gasteiger partial charge on any atom is 0.251 e. The van der Waals surface area contributed by atoms with Gasteiger partial charge in [0.05, 0.1) is 6.54 Å². The summed E-state index contributed by atoms with van der Waals surface area (Å²) in [5.74, 6) is 1.29. The summed E-state index contributed by atoms with van der Waals surface area (Å²) in [6.07, 6.45) is 2.44. The van der Waals surface area contributed by atoms with Crippen LogP contribution in [0.3, 0.4) is 0 Å². The second-order valence-electron chi connectivity index (χ2n) is 7.70. The maximum atomic E-state index is 11.9. The Labute approximate surface area is 206 Å². The number of halogens is 1. The van der Waals surface area contributed by atoms with Crippen molar-refractivity contribution in [2.45, 2.75) is 32.4 Å². The molecular weight excluding hydrogens is 521 g/mol. The van der Waals surface area contributed by atoms with E-state index in [-0.39, 0.29) is 29.9 Å². The first-order valence-corrected chi connectivity index (χ1v) is 11.6. The minimum atomic E-state index is -0.0769. The summed E-state index contributed by atoms with van der Waals surface area (Å²) in [6.45, 7) is 5.44. The van der Waals surface area contributed by atoms with E-state index in [0.717, 1.165) is 31.2 Å². The van der Waals surface area contributed by atoms with Gasteiger partial charge in [-0.25, -0.2) is 4.99 Å². The van der Waals surface area contributed by atoms with Gasteiger partial charge < -0.3 is 16.0 Å². The highest BCUT2D eigenvalue weighted by Crippen LogP contribution is 2.36. The number of hydrogen-bond donors (Lipinski definition) is 3. The lowest BCUT2D eigenvalue weighted by atomic mass is 9.88. The van der Waals surface area contributed by atoms with Gasteiger partial charge in [-0.05, 0) is 68.4 Å². The smallest absolute Gasteiger partial charge is 0.251 e. The fraction of sp³-hybridized carbons (Fsp3) is 0.478. The zero-order valence-electron chi connectivity index (χ0n) is 18.6. The maximum absolute atomic E-state index is 11.9. The van der Waals surface area contributed by atoms with Gasteiger partial charge in [0.25, 0.3) is 5.91 Å². The summed E-state index contributed by atoms with van der Waals surface area (Å²) in [5.41, 5.74) is 1.68. The molecule has 0 spiro atoms. The number of aliphatic imine (C=N–C) groups is 1. The molecular formula is C23H34IN5OS. The van der Waals surface area contributed by atoms with Crippen molar-refractivity contribution >= 4 is 47.2 Å². The lowest BCUT2D eigenvalue weighted by Crippen LogP contribution is -2.44. The highest BCUT2D eigenvalue weighted by molar-refractivity contribution is 14.0. The van der Waals surface area contributed by atoms with E-state index in [9.17, 15) is 4.79 Å². The van der Waals surface area contributed by atoms with Crippen molar-refractivity contribution in [2.24, 2.45) is 10.9 Å². The first-order valence-electron chi connectivity index (χ1n) is 10.7. The molecule has 3 N–H and O–H groups in total. The minimum Gasteiger partial charge on any atom is -0.357 e. The van der Waals surface area contributed by atoms with E-state index in [2.05, 4.69) is 52.3 Å². The lowest BCUT2D eigenvalue weighted by molar-refractivity contribution is 0.0963. The molecule has 0 saturated carbocycles. The number of rotatable bonds is 7. The van der Waals surface area contributed by atoms with Crippen LogP contribution < -0.4 is 16.0 Å². The molecule has 1 saturated heterocycles. The van der Waals surface area contributed by atoms with E-state index < -0.39 is 0 Å². The SMILES string of the molecule is CCNC(=NCc1cccc(C(=O)NC)c1)NCC1CCCN(C)C1c1cccs1.I. The van der Waals surface area contributed by atoms with Crippen molar-refractivity contribution in [3.63, 3.8) is 0 Å². The van der Waals surface area contributed by atoms with Crippen molar-refractivity contribution in [3.8, 4) is 0 Å². The molecule has 0 bridgehead atoms. The Morgan fingerprint density at radius 1 is 1.26 bits per heavy atom. The molecule has 1 aromatic heterocycles. The topological polar surface area (TPSA) is 68.8 Å². The molecule has 1 aliphatic rings. The molecule has 8 heteroatoms. The molecule has 3 rings (SSSR count). The highest BCUT2D eigenvalue weighted by Gasteiger charge is 2.31. The van der Waals surface area contributed by atoms with Crippen LogP contribution >= 0.6 is 35.3 Å². The third-order valence-electron chi connectivity index (χ3n) is 5.55. The monoisotopic (exact) mass is 555 g/mol. The molecule has 1 aromatic carbocycles. The predicted octanol–water partition coefficient (Wildman–Crippen LogP) is 3.86. The van der Waals surface area contributed by atoms with Crippen molar-refractivity contribution in [1.82, 2.24) is 20.9 Å². The summed E-state index contributed by atoms with van der Waals surface area (Å²) in [4.78, 5) is 20.5. The number of carbonyl (C=O) groups is 1. The summed E-state index contributed by atoms with van der Waals surface area (Å²) in [7, 11) is 3.88. The minimum absolute atomic E-state index is 0. The molecule has 6 nitrogen and oxygen atoms in total. The molecule has 170 valence electrons. The fourth-order valence-electron chi connectivity index (χ4n) is 4.08. The summed E-state index contributed by atoms with van der Waals surface area (Å²) in [5, 5.41) is 11.7. The van der Waals surface area contributed by atoms with E-state index in [4.69, 9.17) is 4.99 Å². The number of benzene rings is 1. The standard InChI is InChI=1S/C23H33N5OS.HI/c1-4-25-23(26-15-17-8-5-9-18(14-17)22(29)24-2)27-16-19-10-6-12-28(3)21(19)20-11-7-13-30-20;/h5,7-9,11,13-14,19,21H,4,6,10,12,15-16H2,1-3H3,(H,24,29)(H2,25,26,27);1H. The van der Waals surface area contributed by atoms with Gasteiger partial charge in [0.2, 0.25) is 0 Å². The molecule has 31 heavy (non-hydrogen) atoms.